The summed E-state index contributed by atoms with van der Waals surface area (Å²) in [5, 5.41) is 2.66. The van der Waals surface area contributed by atoms with Crippen molar-refractivity contribution in [3.8, 4) is 0 Å². The Morgan fingerprint density at radius 1 is 1.42 bits per heavy atom. The van der Waals surface area contributed by atoms with Crippen LogP contribution in [0, 0.1) is 5.92 Å². The van der Waals surface area contributed by atoms with Gasteiger partial charge in [-0.3, -0.25) is 9.59 Å². The molecule has 0 rings (SSSR count). The van der Waals surface area contributed by atoms with E-state index in [1.54, 1.807) is 0 Å². The third kappa shape index (κ3) is 5.70. The highest BCUT2D eigenvalue weighted by molar-refractivity contribution is 5.78. The quantitative estimate of drug-likeness (QED) is 0.613. The third-order valence-electron chi connectivity index (χ3n) is 1.46. The molecule has 0 saturated carbocycles. The van der Waals surface area contributed by atoms with E-state index < -0.39 is 0 Å². The van der Waals surface area contributed by atoms with Crippen LogP contribution in [0.4, 0.5) is 0 Å². The van der Waals surface area contributed by atoms with Crippen molar-refractivity contribution in [3.63, 3.8) is 0 Å². The van der Waals surface area contributed by atoms with E-state index in [1.165, 1.54) is 0 Å². The summed E-state index contributed by atoms with van der Waals surface area (Å²) in [5.74, 6) is -0.341. The van der Waals surface area contributed by atoms with E-state index in [4.69, 9.17) is 5.73 Å². The Kier molecular flexibility index (Phi) is 5.08. The lowest BCUT2D eigenvalue weighted by atomic mass is 10.0. The van der Waals surface area contributed by atoms with Gasteiger partial charge in [0.1, 0.15) is 0 Å². The molecule has 0 aliphatic heterocycles. The Morgan fingerprint density at radius 3 is 2.42 bits per heavy atom. The summed E-state index contributed by atoms with van der Waals surface area (Å²) in [6.07, 6.45) is 0.647. The van der Waals surface area contributed by atoms with Gasteiger partial charge in [-0.1, -0.05) is 6.92 Å². The van der Waals surface area contributed by atoms with Crippen LogP contribution < -0.4 is 11.1 Å². The van der Waals surface area contributed by atoms with Crippen LogP contribution in [-0.2, 0) is 9.59 Å². The molecule has 0 aliphatic carbocycles. The van der Waals surface area contributed by atoms with Gasteiger partial charge in [-0.2, -0.15) is 0 Å². The molecule has 0 saturated heterocycles. The van der Waals surface area contributed by atoms with Gasteiger partial charge in [-0.15, -0.1) is 0 Å². The number of primary amides is 1. The molecule has 12 heavy (non-hydrogen) atoms. The first-order chi connectivity index (χ1) is 5.56. The number of amides is 2. The molecule has 0 spiro atoms. The second-order valence-corrected chi connectivity index (χ2v) is 2.93. The van der Waals surface area contributed by atoms with E-state index in [0.717, 1.165) is 0 Å². The maximum absolute atomic E-state index is 11.0. The van der Waals surface area contributed by atoms with E-state index in [1.807, 2.05) is 13.8 Å². The number of nitrogens with one attached hydrogen (secondary N) is 1. The van der Waals surface area contributed by atoms with Gasteiger partial charge in [-0.05, 0) is 12.8 Å². The van der Waals surface area contributed by atoms with Crippen LogP contribution in [0.1, 0.15) is 26.7 Å². The van der Waals surface area contributed by atoms with Gasteiger partial charge in [0, 0.05) is 19.4 Å². The summed E-state index contributed by atoms with van der Waals surface area (Å²) in [6, 6.07) is 0. The van der Waals surface area contributed by atoms with Crippen LogP contribution in [0.25, 0.3) is 0 Å². The Balaban J connectivity index is 3.61. The highest BCUT2D eigenvalue weighted by Crippen LogP contribution is 2.05. The molecule has 4 nitrogen and oxygen atoms in total. The van der Waals surface area contributed by atoms with Crippen LogP contribution in [0.5, 0.6) is 0 Å². The zero-order chi connectivity index (χ0) is 9.56. The van der Waals surface area contributed by atoms with Crippen molar-refractivity contribution in [3.05, 3.63) is 0 Å². The largest absolute Gasteiger partial charge is 0.370 e. The lowest BCUT2D eigenvalue weighted by Crippen LogP contribution is -2.26. The van der Waals surface area contributed by atoms with Crippen molar-refractivity contribution in [2.24, 2.45) is 11.7 Å². The molecule has 0 fully saturated rings. The maximum Gasteiger partial charge on any atom is 0.220 e. The van der Waals surface area contributed by atoms with Gasteiger partial charge in [0.15, 0.2) is 0 Å². The van der Waals surface area contributed by atoms with E-state index in [2.05, 4.69) is 5.32 Å². The van der Waals surface area contributed by atoms with Crippen molar-refractivity contribution in [1.29, 1.82) is 0 Å². The van der Waals surface area contributed by atoms with Crippen molar-refractivity contribution in [2.45, 2.75) is 26.7 Å². The standard InChI is InChI=1S/C8H16N2O2/c1-3-10-8(12)5-6(2)4-7(9)11/h6H,3-5H2,1-2H3,(H2,9,11)(H,10,12)/t6-/m1/s1. The molecular weight excluding hydrogens is 156 g/mol. The Bertz CT molecular complexity index is 168. The average Bonchev–Trinajstić information content (AvgIpc) is 1.84. The second kappa shape index (κ2) is 5.57. The van der Waals surface area contributed by atoms with E-state index in [9.17, 15) is 9.59 Å². The highest BCUT2D eigenvalue weighted by Gasteiger charge is 2.10. The Morgan fingerprint density at radius 2 is 2.00 bits per heavy atom. The predicted octanol–water partition coefficient (Wildman–Crippen LogP) is 0.0241. The van der Waals surface area contributed by atoms with Crippen LogP contribution in [0.15, 0.2) is 0 Å². The number of hydrogen-bond donors (Lipinski definition) is 2. The fraction of sp³-hybridized carbons (Fsp3) is 0.750. The maximum atomic E-state index is 11.0. The van der Waals surface area contributed by atoms with Gasteiger partial charge in [0.05, 0.1) is 0 Å². The SMILES string of the molecule is CCNC(=O)C[C@H](C)CC(N)=O. The molecule has 70 valence electrons. The number of nitrogens with two attached hydrogens (primary N) is 1. The van der Waals surface area contributed by atoms with Crippen molar-refractivity contribution < 1.29 is 9.59 Å². The summed E-state index contributed by atoms with van der Waals surface area (Å²) < 4.78 is 0. The average molecular weight is 172 g/mol. The monoisotopic (exact) mass is 172 g/mol. The molecule has 0 heterocycles. The number of carbonyl (C=O) groups is 2. The summed E-state index contributed by atoms with van der Waals surface area (Å²) in [7, 11) is 0. The van der Waals surface area contributed by atoms with Gasteiger partial charge in [0.2, 0.25) is 11.8 Å². The van der Waals surface area contributed by atoms with Crippen LogP contribution in [0.2, 0.25) is 0 Å². The first kappa shape index (κ1) is 10.9. The van der Waals surface area contributed by atoms with Gasteiger partial charge < -0.3 is 11.1 Å². The number of rotatable bonds is 5. The molecule has 0 aliphatic rings. The van der Waals surface area contributed by atoms with E-state index >= 15 is 0 Å². The third-order valence-corrected chi connectivity index (χ3v) is 1.46. The number of carbonyl (C=O) groups excluding carboxylic acids is 2. The first-order valence-electron chi connectivity index (χ1n) is 4.11. The summed E-state index contributed by atoms with van der Waals surface area (Å²) in [6.45, 7) is 4.32. The summed E-state index contributed by atoms with van der Waals surface area (Å²) in [5.41, 5.74) is 4.97. The predicted molar refractivity (Wildman–Crippen MR) is 46.3 cm³/mol. The van der Waals surface area contributed by atoms with Crippen LogP contribution in [-0.4, -0.2) is 18.4 Å². The molecule has 0 aromatic carbocycles. The molecule has 2 amide bonds. The molecule has 0 unspecified atom stereocenters. The molecule has 0 bridgehead atoms. The van der Waals surface area contributed by atoms with Gasteiger partial charge >= 0.3 is 0 Å². The fourth-order valence-corrected chi connectivity index (χ4v) is 1.00. The summed E-state index contributed by atoms with van der Waals surface area (Å²) >= 11 is 0. The molecule has 3 N–H and O–H groups in total. The van der Waals surface area contributed by atoms with E-state index in [-0.39, 0.29) is 24.2 Å². The minimum absolute atomic E-state index is 0.0220. The molecule has 4 heteroatoms. The molecule has 0 aromatic rings. The minimum Gasteiger partial charge on any atom is -0.370 e. The van der Waals surface area contributed by atoms with Crippen molar-refractivity contribution >= 4 is 11.8 Å². The topological polar surface area (TPSA) is 72.2 Å². The van der Waals surface area contributed by atoms with Crippen molar-refractivity contribution in [2.75, 3.05) is 6.54 Å². The Labute approximate surface area is 72.5 Å². The molecular formula is C8H16N2O2. The van der Waals surface area contributed by atoms with Crippen LogP contribution in [0.3, 0.4) is 0 Å². The van der Waals surface area contributed by atoms with Gasteiger partial charge in [0.25, 0.3) is 0 Å². The zero-order valence-corrected chi connectivity index (χ0v) is 7.59. The van der Waals surface area contributed by atoms with Crippen LogP contribution >= 0.6 is 0 Å². The number of hydrogen-bond acceptors (Lipinski definition) is 2. The molecule has 0 radical (unpaired) electrons. The molecule has 1 atom stereocenters. The van der Waals surface area contributed by atoms with E-state index in [0.29, 0.717) is 13.0 Å². The zero-order valence-electron chi connectivity index (χ0n) is 7.59. The fourth-order valence-electron chi connectivity index (χ4n) is 1.00. The second-order valence-electron chi connectivity index (χ2n) is 2.93. The molecule has 0 aromatic heterocycles. The summed E-state index contributed by atoms with van der Waals surface area (Å²) in [4.78, 5) is 21.4. The normalized spacial score (nSPS) is 12.2. The smallest absolute Gasteiger partial charge is 0.220 e. The highest BCUT2D eigenvalue weighted by atomic mass is 16.2. The Hall–Kier alpha value is -1.06. The van der Waals surface area contributed by atoms with Crippen molar-refractivity contribution in [1.82, 2.24) is 5.32 Å². The first-order valence-corrected chi connectivity index (χ1v) is 4.11. The lowest BCUT2D eigenvalue weighted by Gasteiger charge is -2.07. The van der Waals surface area contributed by atoms with Gasteiger partial charge in [-0.25, -0.2) is 0 Å². The minimum atomic E-state index is -0.355. The lowest BCUT2D eigenvalue weighted by molar-refractivity contribution is -0.122.